The normalized spacial score (nSPS) is 16.2. The van der Waals surface area contributed by atoms with Crippen LogP contribution in [0.25, 0.3) is 0 Å². The summed E-state index contributed by atoms with van der Waals surface area (Å²) in [5.41, 5.74) is 3.82. The molecule has 0 aromatic heterocycles. The lowest BCUT2D eigenvalue weighted by Gasteiger charge is -2.29. The van der Waals surface area contributed by atoms with E-state index in [1.54, 1.807) is 4.90 Å². The summed E-state index contributed by atoms with van der Waals surface area (Å²) in [6.45, 7) is 8.85. The van der Waals surface area contributed by atoms with Gasteiger partial charge in [-0.25, -0.2) is 4.79 Å². The second-order valence-electron chi connectivity index (χ2n) is 8.48. The van der Waals surface area contributed by atoms with Crippen molar-refractivity contribution in [2.24, 2.45) is 5.16 Å². The van der Waals surface area contributed by atoms with Crippen LogP contribution in [-0.4, -0.2) is 34.8 Å². The van der Waals surface area contributed by atoms with Gasteiger partial charge in [0.1, 0.15) is 0 Å². The summed E-state index contributed by atoms with van der Waals surface area (Å²) < 4.78 is 0. The first-order chi connectivity index (χ1) is 13.7. The molecule has 1 unspecified atom stereocenters. The summed E-state index contributed by atoms with van der Waals surface area (Å²) in [5, 5.41) is 7.99. The lowest BCUT2D eigenvalue weighted by molar-refractivity contribution is 0.0580. The molecule has 3 rings (SSSR count). The van der Waals surface area contributed by atoms with E-state index < -0.39 is 0 Å². The molecule has 1 heterocycles. The molecule has 0 bridgehead atoms. The molecule has 2 amide bonds. The van der Waals surface area contributed by atoms with Crippen LogP contribution in [0.15, 0.2) is 53.7 Å². The number of amides is 2. The Morgan fingerprint density at radius 3 is 2.69 bits per heavy atom. The van der Waals surface area contributed by atoms with Crippen LogP contribution in [-0.2, 0) is 11.4 Å². The predicted octanol–water partition coefficient (Wildman–Crippen LogP) is 5.15. The molecule has 2 aromatic carbocycles. The molecule has 29 heavy (non-hydrogen) atoms. The number of hydrogen-bond donors (Lipinski definition) is 1. The minimum Gasteiger partial charge on any atom is -0.390 e. The zero-order valence-corrected chi connectivity index (χ0v) is 18.2. The number of carbonyl (C=O) groups is 1. The number of nitrogens with zero attached hydrogens (tertiary/aromatic N) is 2. The summed E-state index contributed by atoms with van der Waals surface area (Å²) in [6.07, 6.45) is 0.481. The quantitative estimate of drug-likeness (QED) is 0.736. The number of halogens is 1. The number of aryl methyl sites for hydroxylation is 1. The smallest absolute Gasteiger partial charge is 0.318 e. The van der Waals surface area contributed by atoms with E-state index in [4.69, 9.17) is 16.4 Å². The molecule has 1 N–H and O–H groups in total. The van der Waals surface area contributed by atoms with Crippen LogP contribution in [0, 0.1) is 6.92 Å². The van der Waals surface area contributed by atoms with Crippen molar-refractivity contribution in [2.75, 3.05) is 6.54 Å². The summed E-state index contributed by atoms with van der Waals surface area (Å²) in [4.78, 5) is 20.4. The molecule has 1 aliphatic heterocycles. The molecular weight excluding hydrogens is 386 g/mol. The van der Waals surface area contributed by atoms with Crippen LogP contribution < -0.4 is 5.32 Å². The summed E-state index contributed by atoms with van der Waals surface area (Å²) >= 11 is 6.12. The van der Waals surface area contributed by atoms with Crippen molar-refractivity contribution in [1.29, 1.82) is 0 Å². The third-order valence-electron chi connectivity index (χ3n) is 4.64. The second kappa shape index (κ2) is 8.87. The number of nitrogens with one attached hydrogen (secondary N) is 1. The van der Waals surface area contributed by atoms with Crippen LogP contribution in [0.3, 0.4) is 0 Å². The van der Waals surface area contributed by atoms with E-state index in [0.29, 0.717) is 24.5 Å². The molecule has 1 atom stereocenters. The van der Waals surface area contributed by atoms with Gasteiger partial charge in [0.15, 0.2) is 6.10 Å². The molecular formula is C23H28ClN3O2. The van der Waals surface area contributed by atoms with Gasteiger partial charge in [-0.2, -0.15) is 0 Å². The third-order valence-corrected chi connectivity index (χ3v) is 4.88. The predicted molar refractivity (Wildman–Crippen MR) is 117 cm³/mol. The van der Waals surface area contributed by atoms with Gasteiger partial charge >= 0.3 is 6.03 Å². The minimum absolute atomic E-state index is 0.134. The fraction of sp³-hybridized carbons (Fsp3) is 0.391. The van der Waals surface area contributed by atoms with Gasteiger partial charge in [-0.1, -0.05) is 53.2 Å². The first-order valence-corrected chi connectivity index (χ1v) is 10.2. The maximum Gasteiger partial charge on any atom is 0.318 e. The average Bonchev–Trinajstić information content (AvgIpc) is 3.08. The van der Waals surface area contributed by atoms with Gasteiger partial charge in [0.05, 0.1) is 12.3 Å². The van der Waals surface area contributed by atoms with E-state index in [1.807, 2.05) is 57.2 Å². The average molecular weight is 414 g/mol. The van der Waals surface area contributed by atoms with E-state index in [-0.39, 0.29) is 17.7 Å². The van der Waals surface area contributed by atoms with E-state index in [9.17, 15) is 4.79 Å². The lowest BCUT2D eigenvalue weighted by atomic mass is 10.0. The molecule has 0 saturated heterocycles. The van der Waals surface area contributed by atoms with E-state index in [0.717, 1.165) is 22.4 Å². The maximum atomic E-state index is 12.9. The highest BCUT2D eigenvalue weighted by atomic mass is 35.5. The van der Waals surface area contributed by atoms with Crippen LogP contribution >= 0.6 is 11.6 Å². The monoisotopic (exact) mass is 413 g/mol. The highest BCUT2D eigenvalue weighted by Crippen LogP contribution is 2.21. The van der Waals surface area contributed by atoms with Gasteiger partial charge in [0.25, 0.3) is 0 Å². The van der Waals surface area contributed by atoms with Gasteiger partial charge in [-0.15, -0.1) is 0 Å². The Labute approximate surface area is 177 Å². The number of oxime groups is 1. The SMILES string of the molecule is Cc1ccccc1C1=NOC(CN(Cc2cccc(Cl)c2)C(=O)NC(C)(C)C)C1. The summed E-state index contributed by atoms with van der Waals surface area (Å²) in [7, 11) is 0. The van der Waals surface area contributed by atoms with Gasteiger partial charge in [-0.3, -0.25) is 0 Å². The molecule has 6 heteroatoms. The second-order valence-corrected chi connectivity index (χ2v) is 8.91. The Morgan fingerprint density at radius 1 is 1.24 bits per heavy atom. The first-order valence-electron chi connectivity index (χ1n) is 9.81. The Kier molecular flexibility index (Phi) is 6.48. The van der Waals surface area contributed by atoms with Gasteiger partial charge in [0, 0.05) is 29.1 Å². The number of rotatable bonds is 5. The lowest BCUT2D eigenvalue weighted by Crippen LogP contribution is -2.50. The largest absolute Gasteiger partial charge is 0.390 e. The number of carbonyl (C=O) groups excluding carboxylic acids is 1. The first kappa shape index (κ1) is 21.2. The molecule has 0 fully saturated rings. The fourth-order valence-electron chi connectivity index (χ4n) is 3.30. The third kappa shape index (κ3) is 5.97. The Hall–Kier alpha value is -2.53. The highest BCUT2D eigenvalue weighted by molar-refractivity contribution is 6.30. The fourth-order valence-corrected chi connectivity index (χ4v) is 3.52. The maximum absolute atomic E-state index is 12.9. The van der Waals surface area contributed by atoms with Crippen LogP contribution in [0.1, 0.15) is 43.9 Å². The summed E-state index contributed by atoms with van der Waals surface area (Å²) in [6, 6.07) is 15.6. The van der Waals surface area contributed by atoms with E-state index in [2.05, 4.69) is 29.5 Å². The molecule has 2 aromatic rings. The number of hydrogen-bond acceptors (Lipinski definition) is 3. The summed E-state index contributed by atoms with van der Waals surface area (Å²) in [5.74, 6) is 0. The highest BCUT2D eigenvalue weighted by Gasteiger charge is 2.28. The van der Waals surface area contributed by atoms with Crippen molar-refractivity contribution in [2.45, 2.75) is 52.3 Å². The molecule has 0 saturated carbocycles. The molecule has 0 aliphatic carbocycles. The minimum atomic E-state index is -0.330. The Balaban J connectivity index is 1.71. The van der Waals surface area contributed by atoms with Gasteiger partial charge < -0.3 is 15.1 Å². The Morgan fingerprint density at radius 2 is 2.00 bits per heavy atom. The molecule has 1 aliphatic rings. The standard InChI is InChI=1S/C23H28ClN3O2/c1-16-8-5-6-11-20(16)21-13-19(29-26-21)15-27(22(28)25-23(2,3)4)14-17-9-7-10-18(24)12-17/h5-12,19H,13-15H2,1-4H3,(H,25,28). The molecule has 0 radical (unpaired) electrons. The molecule has 0 spiro atoms. The van der Waals surface area contributed by atoms with Crippen molar-refractivity contribution < 1.29 is 9.63 Å². The van der Waals surface area contributed by atoms with Crippen molar-refractivity contribution in [3.63, 3.8) is 0 Å². The van der Waals surface area contributed by atoms with Crippen molar-refractivity contribution in [1.82, 2.24) is 10.2 Å². The van der Waals surface area contributed by atoms with E-state index >= 15 is 0 Å². The van der Waals surface area contributed by atoms with Gasteiger partial charge in [0.2, 0.25) is 0 Å². The number of benzene rings is 2. The van der Waals surface area contributed by atoms with Crippen LogP contribution in [0.5, 0.6) is 0 Å². The zero-order chi connectivity index (χ0) is 21.0. The van der Waals surface area contributed by atoms with Crippen molar-refractivity contribution in [3.05, 3.63) is 70.2 Å². The number of urea groups is 1. The van der Waals surface area contributed by atoms with Crippen molar-refractivity contribution >= 4 is 23.3 Å². The van der Waals surface area contributed by atoms with Crippen LogP contribution in [0.2, 0.25) is 5.02 Å². The molecule has 154 valence electrons. The van der Waals surface area contributed by atoms with Crippen LogP contribution in [0.4, 0.5) is 4.79 Å². The topological polar surface area (TPSA) is 53.9 Å². The van der Waals surface area contributed by atoms with Gasteiger partial charge in [-0.05, 0) is 51.0 Å². The van der Waals surface area contributed by atoms with Crippen molar-refractivity contribution in [3.8, 4) is 0 Å². The zero-order valence-electron chi connectivity index (χ0n) is 17.4. The Bertz CT molecular complexity index is 905. The molecule has 5 nitrogen and oxygen atoms in total. The van der Waals surface area contributed by atoms with E-state index in [1.165, 1.54) is 0 Å².